The molecule has 1 saturated heterocycles. The second-order valence-corrected chi connectivity index (χ2v) is 6.20. The summed E-state index contributed by atoms with van der Waals surface area (Å²) in [6.07, 6.45) is 3.53. The molecular weight excluding hydrogens is 266 g/mol. The minimum Gasteiger partial charge on any atom is -0.376 e. The maximum atomic E-state index is 5.69. The molecule has 0 aromatic carbocycles. The Balaban J connectivity index is 1.70. The maximum absolute atomic E-state index is 5.69. The molecule has 6 nitrogen and oxygen atoms in total. The molecule has 0 amide bonds. The lowest BCUT2D eigenvalue weighted by molar-refractivity contribution is -0.0307. The minimum atomic E-state index is 0.394. The van der Waals surface area contributed by atoms with E-state index < -0.39 is 0 Å². The molecule has 0 bridgehead atoms. The zero-order valence-corrected chi connectivity index (χ0v) is 13.6. The standard InChI is InChI=1S/C15H29N5O/c1-4-15-12-19(7-8-21-15)5-6-20-11-14(17-18-20)10-16-9-13(2)3/h11,13,15-16H,4-10,12H2,1-3H3. The first kappa shape index (κ1) is 16.4. The van der Waals surface area contributed by atoms with Crippen LogP contribution in [0, 0.1) is 5.92 Å². The molecule has 21 heavy (non-hydrogen) atoms. The maximum Gasteiger partial charge on any atom is 0.0964 e. The summed E-state index contributed by atoms with van der Waals surface area (Å²) in [7, 11) is 0. The zero-order chi connectivity index (χ0) is 15.1. The van der Waals surface area contributed by atoms with Crippen molar-refractivity contribution >= 4 is 0 Å². The number of nitrogens with one attached hydrogen (secondary N) is 1. The van der Waals surface area contributed by atoms with Gasteiger partial charge in [0.15, 0.2) is 0 Å². The highest BCUT2D eigenvalue weighted by Gasteiger charge is 2.18. The molecule has 120 valence electrons. The molecule has 1 N–H and O–H groups in total. The van der Waals surface area contributed by atoms with E-state index in [4.69, 9.17) is 4.74 Å². The molecule has 2 heterocycles. The van der Waals surface area contributed by atoms with Crippen molar-refractivity contribution in [2.75, 3.05) is 32.8 Å². The summed E-state index contributed by atoms with van der Waals surface area (Å²) in [5, 5.41) is 11.8. The Labute approximate surface area is 127 Å². The number of hydrogen-bond acceptors (Lipinski definition) is 5. The molecule has 0 radical (unpaired) electrons. The van der Waals surface area contributed by atoms with Gasteiger partial charge in [-0.1, -0.05) is 26.0 Å². The summed E-state index contributed by atoms with van der Waals surface area (Å²) in [6, 6.07) is 0. The lowest BCUT2D eigenvalue weighted by atomic mass is 10.2. The van der Waals surface area contributed by atoms with Gasteiger partial charge < -0.3 is 10.1 Å². The summed E-state index contributed by atoms with van der Waals surface area (Å²) < 4.78 is 7.64. The molecule has 0 spiro atoms. The van der Waals surface area contributed by atoms with E-state index in [0.29, 0.717) is 12.0 Å². The predicted molar refractivity (Wildman–Crippen MR) is 83.0 cm³/mol. The number of rotatable bonds is 8. The van der Waals surface area contributed by atoms with Crippen LogP contribution in [-0.2, 0) is 17.8 Å². The second-order valence-electron chi connectivity index (χ2n) is 6.20. The third-order valence-corrected chi connectivity index (χ3v) is 3.77. The first-order valence-corrected chi connectivity index (χ1v) is 8.11. The SMILES string of the molecule is CCC1CN(CCn2cc(CNCC(C)C)nn2)CCO1. The van der Waals surface area contributed by atoms with Gasteiger partial charge in [0.1, 0.15) is 0 Å². The molecule has 1 aromatic rings. The summed E-state index contributed by atoms with van der Waals surface area (Å²) in [6.45, 7) is 13.2. The molecule has 1 atom stereocenters. The van der Waals surface area contributed by atoms with E-state index in [1.165, 1.54) is 0 Å². The molecule has 1 aromatic heterocycles. The Morgan fingerprint density at radius 2 is 2.29 bits per heavy atom. The smallest absolute Gasteiger partial charge is 0.0964 e. The fraction of sp³-hybridized carbons (Fsp3) is 0.867. The average molecular weight is 295 g/mol. The van der Waals surface area contributed by atoms with Crippen molar-refractivity contribution in [2.45, 2.75) is 46.4 Å². The van der Waals surface area contributed by atoms with Crippen LogP contribution in [0.1, 0.15) is 32.9 Å². The fourth-order valence-electron chi connectivity index (χ4n) is 2.49. The van der Waals surface area contributed by atoms with Crippen molar-refractivity contribution in [3.8, 4) is 0 Å². The van der Waals surface area contributed by atoms with Crippen LogP contribution in [-0.4, -0.2) is 58.8 Å². The number of hydrogen-bond donors (Lipinski definition) is 1. The third kappa shape index (κ3) is 5.73. The topological polar surface area (TPSA) is 55.2 Å². The zero-order valence-electron chi connectivity index (χ0n) is 13.6. The molecule has 0 saturated carbocycles. The lowest BCUT2D eigenvalue weighted by Crippen LogP contribution is -2.43. The highest BCUT2D eigenvalue weighted by Crippen LogP contribution is 2.08. The molecule has 1 fully saturated rings. The summed E-state index contributed by atoms with van der Waals surface area (Å²) in [5.74, 6) is 0.660. The van der Waals surface area contributed by atoms with Crippen molar-refractivity contribution in [1.82, 2.24) is 25.2 Å². The van der Waals surface area contributed by atoms with E-state index >= 15 is 0 Å². The minimum absolute atomic E-state index is 0.394. The van der Waals surface area contributed by atoms with Gasteiger partial charge in [0.25, 0.3) is 0 Å². The molecular formula is C15H29N5O. The van der Waals surface area contributed by atoms with Crippen LogP contribution in [0.15, 0.2) is 6.20 Å². The van der Waals surface area contributed by atoms with Gasteiger partial charge in [-0.15, -0.1) is 5.10 Å². The van der Waals surface area contributed by atoms with Crippen molar-refractivity contribution in [3.63, 3.8) is 0 Å². The van der Waals surface area contributed by atoms with Crippen LogP contribution >= 0.6 is 0 Å². The number of nitrogens with zero attached hydrogens (tertiary/aromatic N) is 4. The highest BCUT2D eigenvalue weighted by atomic mass is 16.5. The Hall–Kier alpha value is -0.980. The van der Waals surface area contributed by atoms with Crippen LogP contribution < -0.4 is 5.32 Å². The third-order valence-electron chi connectivity index (χ3n) is 3.77. The summed E-state index contributed by atoms with van der Waals surface area (Å²) in [5.41, 5.74) is 1.02. The number of morpholine rings is 1. The Morgan fingerprint density at radius 3 is 3.05 bits per heavy atom. The van der Waals surface area contributed by atoms with Crippen LogP contribution in [0.25, 0.3) is 0 Å². The van der Waals surface area contributed by atoms with Crippen LogP contribution in [0.2, 0.25) is 0 Å². The fourth-order valence-corrected chi connectivity index (χ4v) is 2.49. The normalized spacial score (nSPS) is 20.3. The monoisotopic (exact) mass is 295 g/mol. The van der Waals surface area contributed by atoms with E-state index in [1.807, 2.05) is 10.9 Å². The van der Waals surface area contributed by atoms with Crippen LogP contribution in [0.5, 0.6) is 0 Å². The van der Waals surface area contributed by atoms with Crippen molar-refractivity contribution in [2.24, 2.45) is 5.92 Å². The molecule has 0 aliphatic carbocycles. The highest BCUT2D eigenvalue weighted by molar-refractivity contribution is 4.91. The quantitative estimate of drug-likeness (QED) is 0.779. The van der Waals surface area contributed by atoms with E-state index in [0.717, 1.165) is 58.0 Å². The first-order chi connectivity index (χ1) is 10.2. The van der Waals surface area contributed by atoms with Gasteiger partial charge in [0, 0.05) is 32.4 Å². The molecule has 6 heteroatoms. The summed E-state index contributed by atoms with van der Waals surface area (Å²) in [4.78, 5) is 2.45. The Kier molecular flexibility index (Phi) is 6.60. The van der Waals surface area contributed by atoms with Gasteiger partial charge in [-0.05, 0) is 18.9 Å². The predicted octanol–water partition coefficient (Wildman–Crippen LogP) is 1.13. The Bertz CT molecular complexity index is 407. The Morgan fingerprint density at radius 1 is 1.43 bits per heavy atom. The molecule has 2 rings (SSSR count). The van der Waals surface area contributed by atoms with Crippen LogP contribution in [0.3, 0.4) is 0 Å². The van der Waals surface area contributed by atoms with Gasteiger partial charge in [-0.2, -0.15) is 0 Å². The lowest BCUT2D eigenvalue weighted by Gasteiger charge is -2.32. The largest absolute Gasteiger partial charge is 0.376 e. The van der Waals surface area contributed by atoms with Crippen LogP contribution in [0.4, 0.5) is 0 Å². The summed E-state index contributed by atoms with van der Waals surface area (Å²) >= 11 is 0. The van der Waals surface area contributed by atoms with Gasteiger partial charge in [-0.3, -0.25) is 9.58 Å². The number of ether oxygens (including phenoxy) is 1. The first-order valence-electron chi connectivity index (χ1n) is 8.11. The van der Waals surface area contributed by atoms with E-state index in [-0.39, 0.29) is 0 Å². The van der Waals surface area contributed by atoms with Crippen molar-refractivity contribution < 1.29 is 4.74 Å². The van der Waals surface area contributed by atoms with Gasteiger partial charge in [0.05, 0.1) is 24.9 Å². The van der Waals surface area contributed by atoms with Gasteiger partial charge in [-0.25, -0.2) is 0 Å². The van der Waals surface area contributed by atoms with Crippen molar-refractivity contribution in [3.05, 3.63) is 11.9 Å². The van der Waals surface area contributed by atoms with Crippen molar-refractivity contribution in [1.29, 1.82) is 0 Å². The molecule has 1 aliphatic rings. The second kappa shape index (κ2) is 8.46. The van der Waals surface area contributed by atoms with Gasteiger partial charge in [0.2, 0.25) is 0 Å². The average Bonchev–Trinajstić information content (AvgIpc) is 2.93. The number of aromatic nitrogens is 3. The van der Waals surface area contributed by atoms with E-state index in [1.54, 1.807) is 0 Å². The molecule has 1 unspecified atom stereocenters. The van der Waals surface area contributed by atoms with E-state index in [2.05, 4.69) is 41.3 Å². The molecule has 1 aliphatic heterocycles. The van der Waals surface area contributed by atoms with Gasteiger partial charge >= 0.3 is 0 Å². The van der Waals surface area contributed by atoms with E-state index in [9.17, 15) is 0 Å².